The fourth-order valence-corrected chi connectivity index (χ4v) is 2.60. The third-order valence-corrected chi connectivity index (χ3v) is 3.70. The van der Waals surface area contributed by atoms with E-state index in [-0.39, 0.29) is 6.61 Å². The van der Waals surface area contributed by atoms with Crippen LogP contribution in [0.4, 0.5) is 0 Å². The highest BCUT2D eigenvalue weighted by atomic mass is 35.5. The van der Waals surface area contributed by atoms with Crippen LogP contribution in [0.15, 0.2) is 18.2 Å². The molecule has 68 valence electrons. The molecule has 0 radical (unpaired) electrons. The second-order valence-corrected chi connectivity index (χ2v) is 4.64. The quantitative estimate of drug-likeness (QED) is 0.769. The molecule has 0 amide bonds. The summed E-state index contributed by atoms with van der Waals surface area (Å²) in [5, 5.41) is 10.1. The second-order valence-electron chi connectivity index (χ2n) is 2.99. The van der Waals surface area contributed by atoms with E-state index in [0.29, 0.717) is 0 Å². The lowest BCUT2D eigenvalue weighted by Crippen LogP contribution is -1.80. The van der Waals surface area contributed by atoms with Gasteiger partial charge < -0.3 is 5.11 Å². The Morgan fingerprint density at radius 3 is 2.92 bits per heavy atom. The van der Waals surface area contributed by atoms with Crippen LogP contribution in [0.2, 0.25) is 4.34 Å². The van der Waals surface area contributed by atoms with Gasteiger partial charge in [-0.15, -0.1) is 11.3 Å². The Hall–Kier alpha value is -0.570. The maximum atomic E-state index is 8.97. The Morgan fingerprint density at radius 1 is 1.46 bits per heavy atom. The van der Waals surface area contributed by atoms with E-state index in [1.54, 1.807) is 11.3 Å². The van der Waals surface area contributed by atoms with Crippen molar-refractivity contribution in [1.29, 1.82) is 0 Å². The minimum atomic E-state index is 0.0862. The molecule has 0 aliphatic heterocycles. The lowest BCUT2D eigenvalue weighted by atomic mass is 10.1. The smallest absolute Gasteiger partial charge is 0.0969 e. The van der Waals surface area contributed by atoms with Crippen molar-refractivity contribution in [2.75, 3.05) is 0 Å². The number of hydrogen-bond donors (Lipinski definition) is 1. The number of benzene rings is 1. The third kappa shape index (κ3) is 1.46. The number of halogens is 1. The summed E-state index contributed by atoms with van der Waals surface area (Å²) < 4.78 is 2.02. The van der Waals surface area contributed by atoms with Crippen LogP contribution in [0, 0.1) is 6.92 Å². The number of aliphatic hydroxyl groups excluding tert-OH is 1. The van der Waals surface area contributed by atoms with E-state index in [1.807, 2.05) is 25.1 Å². The van der Waals surface area contributed by atoms with Gasteiger partial charge in [-0.2, -0.15) is 0 Å². The highest BCUT2D eigenvalue weighted by Gasteiger charge is 2.06. The van der Waals surface area contributed by atoms with Crippen LogP contribution in [0.3, 0.4) is 0 Å². The number of rotatable bonds is 1. The predicted molar refractivity (Wildman–Crippen MR) is 57.5 cm³/mol. The normalized spacial score (nSPS) is 11.0. The number of fused-ring (bicyclic) bond motifs is 1. The van der Waals surface area contributed by atoms with Gasteiger partial charge in [0.15, 0.2) is 0 Å². The van der Waals surface area contributed by atoms with Crippen molar-refractivity contribution < 1.29 is 5.11 Å². The largest absolute Gasteiger partial charge is 0.392 e. The molecule has 0 saturated heterocycles. The number of hydrogen-bond acceptors (Lipinski definition) is 2. The van der Waals surface area contributed by atoms with Gasteiger partial charge in [-0.25, -0.2) is 0 Å². The molecule has 13 heavy (non-hydrogen) atoms. The van der Waals surface area contributed by atoms with Crippen LogP contribution in [0.1, 0.15) is 11.1 Å². The topological polar surface area (TPSA) is 20.2 Å². The molecule has 1 aromatic carbocycles. The van der Waals surface area contributed by atoms with Gasteiger partial charge in [0, 0.05) is 4.70 Å². The molecule has 0 fully saturated rings. The Balaban J connectivity index is 2.75. The molecule has 0 unspecified atom stereocenters. The Labute approximate surface area is 85.6 Å². The average Bonchev–Trinajstić information content (AvgIpc) is 2.43. The van der Waals surface area contributed by atoms with Gasteiger partial charge in [-0.05, 0) is 35.6 Å². The minimum Gasteiger partial charge on any atom is -0.392 e. The van der Waals surface area contributed by atoms with E-state index in [0.717, 1.165) is 20.8 Å². The molecule has 0 aliphatic rings. The molecular formula is C10H9ClOS. The van der Waals surface area contributed by atoms with Crippen molar-refractivity contribution in [2.45, 2.75) is 13.5 Å². The Morgan fingerprint density at radius 2 is 2.23 bits per heavy atom. The maximum Gasteiger partial charge on any atom is 0.0969 e. The van der Waals surface area contributed by atoms with Gasteiger partial charge in [0.1, 0.15) is 0 Å². The Kier molecular flexibility index (Phi) is 2.28. The minimum absolute atomic E-state index is 0.0862. The SMILES string of the molecule is Cc1c(Cl)sc2ccc(CO)cc12. The molecule has 1 nitrogen and oxygen atoms in total. The lowest BCUT2D eigenvalue weighted by Gasteiger charge is -1.96. The van der Waals surface area contributed by atoms with E-state index < -0.39 is 0 Å². The van der Waals surface area contributed by atoms with Crippen molar-refractivity contribution in [1.82, 2.24) is 0 Å². The predicted octanol–water partition coefficient (Wildman–Crippen LogP) is 3.36. The fraction of sp³-hybridized carbons (Fsp3) is 0.200. The zero-order chi connectivity index (χ0) is 9.42. The van der Waals surface area contributed by atoms with Crippen molar-refractivity contribution in [2.24, 2.45) is 0 Å². The van der Waals surface area contributed by atoms with Crippen LogP contribution in [-0.4, -0.2) is 5.11 Å². The van der Waals surface area contributed by atoms with E-state index in [1.165, 1.54) is 4.70 Å². The number of aliphatic hydroxyl groups is 1. The van der Waals surface area contributed by atoms with E-state index in [9.17, 15) is 0 Å². The van der Waals surface area contributed by atoms with Gasteiger partial charge in [0.25, 0.3) is 0 Å². The van der Waals surface area contributed by atoms with Gasteiger partial charge in [-0.1, -0.05) is 17.7 Å². The molecule has 0 spiro atoms. The highest BCUT2D eigenvalue weighted by Crippen LogP contribution is 2.34. The molecule has 1 aromatic heterocycles. The second kappa shape index (κ2) is 3.29. The maximum absolute atomic E-state index is 8.97. The molecule has 0 aliphatic carbocycles. The zero-order valence-corrected chi connectivity index (χ0v) is 8.75. The summed E-state index contributed by atoms with van der Waals surface area (Å²) in [5.74, 6) is 0. The fourth-order valence-electron chi connectivity index (χ4n) is 1.34. The van der Waals surface area contributed by atoms with Gasteiger partial charge in [0.05, 0.1) is 10.9 Å². The summed E-state index contributed by atoms with van der Waals surface area (Å²) in [6.07, 6.45) is 0. The number of aryl methyl sites for hydroxylation is 1. The molecule has 3 heteroatoms. The summed E-state index contributed by atoms with van der Waals surface area (Å²) in [4.78, 5) is 0. The highest BCUT2D eigenvalue weighted by molar-refractivity contribution is 7.22. The summed E-state index contributed by atoms with van der Waals surface area (Å²) in [5.41, 5.74) is 2.04. The van der Waals surface area contributed by atoms with Crippen LogP contribution >= 0.6 is 22.9 Å². The van der Waals surface area contributed by atoms with Crippen LogP contribution < -0.4 is 0 Å². The average molecular weight is 213 g/mol. The van der Waals surface area contributed by atoms with Crippen molar-refractivity contribution >= 4 is 33.0 Å². The van der Waals surface area contributed by atoms with Crippen molar-refractivity contribution in [3.05, 3.63) is 33.7 Å². The molecular weight excluding hydrogens is 204 g/mol. The van der Waals surface area contributed by atoms with E-state index in [4.69, 9.17) is 16.7 Å². The summed E-state index contributed by atoms with van der Waals surface area (Å²) in [6, 6.07) is 5.92. The van der Waals surface area contributed by atoms with Crippen LogP contribution in [0.25, 0.3) is 10.1 Å². The van der Waals surface area contributed by atoms with Crippen molar-refractivity contribution in [3.8, 4) is 0 Å². The monoisotopic (exact) mass is 212 g/mol. The molecule has 2 rings (SSSR count). The third-order valence-electron chi connectivity index (χ3n) is 2.12. The summed E-state index contributed by atoms with van der Waals surface area (Å²) in [7, 11) is 0. The first-order valence-electron chi connectivity index (χ1n) is 4.01. The molecule has 1 heterocycles. The molecule has 0 bridgehead atoms. The van der Waals surface area contributed by atoms with E-state index in [2.05, 4.69) is 0 Å². The van der Waals surface area contributed by atoms with Crippen LogP contribution in [-0.2, 0) is 6.61 Å². The Bertz CT molecular complexity index is 447. The first kappa shape index (κ1) is 9.00. The summed E-state index contributed by atoms with van der Waals surface area (Å²) >= 11 is 7.59. The van der Waals surface area contributed by atoms with E-state index >= 15 is 0 Å². The standard InChI is InChI=1S/C10H9ClOS/c1-6-8-4-7(5-12)2-3-9(8)13-10(6)11/h2-4,12H,5H2,1H3. The summed E-state index contributed by atoms with van der Waals surface area (Å²) in [6.45, 7) is 2.09. The van der Waals surface area contributed by atoms with Crippen molar-refractivity contribution in [3.63, 3.8) is 0 Å². The molecule has 0 atom stereocenters. The zero-order valence-electron chi connectivity index (χ0n) is 7.17. The van der Waals surface area contributed by atoms with Gasteiger partial charge >= 0.3 is 0 Å². The molecule has 2 aromatic rings. The first-order chi connectivity index (χ1) is 6.22. The number of thiophene rings is 1. The first-order valence-corrected chi connectivity index (χ1v) is 5.20. The van der Waals surface area contributed by atoms with Gasteiger partial charge in [0.2, 0.25) is 0 Å². The molecule has 1 N–H and O–H groups in total. The molecule has 0 saturated carbocycles. The van der Waals surface area contributed by atoms with Crippen LogP contribution in [0.5, 0.6) is 0 Å². The van der Waals surface area contributed by atoms with Gasteiger partial charge in [-0.3, -0.25) is 0 Å². The lowest BCUT2D eigenvalue weighted by molar-refractivity contribution is 0.282.